The van der Waals surface area contributed by atoms with Crippen molar-refractivity contribution in [3.05, 3.63) is 46.7 Å². The maximum absolute atomic E-state index is 13.3. The largest absolute Gasteiger partial charge is 0.313 e. The monoisotopic (exact) mass is 271 g/mol. The van der Waals surface area contributed by atoms with Gasteiger partial charge in [-0.15, -0.1) is 6.58 Å². The van der Waals surface area contributed by atoms with Crippen LogP contribution in [-0.4, -0.2) is 7.05 Å². The van der Waals surface area contributed by atoms with E-state index >= 15 is 0 Å². The smallest absolute Gasteiger partial charge is 0.137 e. The molecule has 1 nitrogen and oxygen atoms in total. The summed E-state index contributed by atoms with van der Waals surface area (Å²) >= 11 is 3.27. The first kappa shape index (κ1) is 12.4. The highest BCUT2D eigenvalue weighted by Gasteiger charge is 2.13. The fourth-order valence-corrected chi connectivity index (χ4v) is 2.07. The maximum atomic E-state index is 13.3. The van der Waals surface area contributed by atoms with Crippen LogP contribution in [-0.2, 0) is 0 Å². The molecule has 0 aliphatic heterocycles. The maximum Gasteiger partial charge on any atom is 0.137 e. The van der Waals surface area contributed by atoms with Gasteiger partial charge in [-0.3, -0.25) is 0 Å². The third kappa shape index (κ3) is 3.14. The summed E-state index contributed by atoms with van der Waals surface area (Å²) in [7, 11) is 1.88. The molecule has 0 radical (unpaired) electrons. The minimum absolute atomic E-state index is 0.160. The highest BCUT2D eigenvalue weighted by Crippen LogP contribution is 2.28. The summed E-state index contributed by atoms with van der Waals surface area (Å²) in [6, 6.07) is 5.27. The molecule has 0 saturated carbocycles. The van der Waals surface area contributed by atoms with Gasteiger partial charge < -0.3 is 5.32 Å². The van der Waals surface area contributed by atoms with Crippen LogP contribution in [0.1, 0.15) is 24.4 Å². The molecule has 82 valence electrons. The highest BCUT2D eigenvalue weighted by atomic mass is 79.9. The van der Waals surface area contributed by atoms with Crippen LogP contribution < -0.4 is 5.32 Å². The lowest BCUT2D eigenvalue weighted by Gasteiger charge is -2.17. The molecule has 1 unspecified atom stereocenters. The Hall–Kier alpha value is -0.670. The lowest BCUT2D eigenvalue weighted by molar-refractivity contribution is 0.542. The van der Waals surface area contributed by atoms with E-state index in [9.17, 15) is 4.39 Å². The van der Waals surface area contributed by atoms with Crippen molar-refractivity contribution in [2.75, 3.05) is 7.05 Å². The molecule has 0 aliphatic rings. The van der Waals surface area contributed by atoms with Crippen LogP contribution in [0.5, 0.6) is 0 Å². The number of hydrogen-bond acceptors (Lipinski definition) is 1. The van der Waals surface area contributed by atoms with E-state index < -0.39 is 0 Å². The summed E-state index contributed by atoms with van der Waals surface area (Å²) in [4.78, 5) is 0. The number of halogens is 2. The molecule has 0 aromatic heterocycles. The van der Waals surface area contributed by atoms with Crippen LogP contribution in [0.4, 0.5) is 4.39 Å². The molecule has 1 atom stereocenters. The van der Waals surface area contributed by atoms with Crippen LogP contribution in [0.2, 0.25) is 0 Å². The predicted octanol–water partition coefficient (Wildman–Crippen LogP) is 3.81. The summed E-state index contributed by atoms with van der Waals surface area (Å²) in [6.45, 7) is 3.69. The predicted molar refractivity (Wildman–Crippen MR) is 65.3 cm³/mol. The highest BCUT2D eigenvalue weighted by molar-refractivity contribution is 9.10. The van der Waals surface area contributed by atoms with Gasteiger partial charge in [0.1, 0.15) is 5.82 Å². The summed E-state index contributed by atoms with van der Waals surface area (Å²) < 4.78 is 13.9. The van der Waals surface area contributed by atoms with Gasteiger partial charge in [-0.2, -0.15) is 0 Å². The van der Waals surface area contributed by atoms with E-state index in [1.165, 1.54) is 6.07 Å². The molecule has 0 aliphatic carbocycles. The molecule has 0 heterocycles. The van der Waals surface area contributed by atoms with E-state index in [0.717, 1.165) is 18.4 Å². The summed E-state index contributed by atoms with van der Waals surface area (Å²) in [6.07, 6.45) is 3.70. The lowest BCUT2D eigenvalue weighted by atomic mass is 10.0. The molecular weight excluding hydrogens is 257 g/mol. The van der Waals surface area contributed by atoms with Gasteiger partial charge in [0, 0.05) is 6.04 Å². The van der Waals surface area contributed by atoms with Crippen molar-refractivity contribution in [1.82, 2.24) is 5.32 Å². The number of rotatable bonds is 5. The van der Waals surface area contributed by atoms with Crippen molar-refractivity contribution in [1.29, 1.82) is 0 Å². The van der Waals surface area contributed by atoms with Crippen molar-refractivity contribution >= 4 is 15.9 Å². The molecule has 0 spiro atoms. The minimum atomic E-state index is -0.216. The summed E-state index contributed by atoms with van der Waals surface area (Å²) in [5.74, 6) is -0.216. The van der Waals surface area contributed by atoms with Gasteiger partial charge in [0.25, 0.3) is 0 Å². The van der Waals surface area contributed by atoms with E-state index in [1.54, 1.807) is 6.07 Å². The lowest BCUT2D eigenvalue weighted by Crippen LogP contribution is -2.16. The Morgan fingerprint density at radius 1 is 1.60 bits per heavy atom. The minimum Gasteiger partial charge on any atom is -0.313 e. The molecule has 0 amide bonds. The van der Waals surface area contributed by atoms with Gasteiger partial charge in [0.15, 0.2) is 0 Å². The molecule has 1 aromatic carbocycles. The zero-order valence-electron chi connectivity index (χ0n) is 8.76. The van der Waals surface area contributed by atoms with Crippen molar-refractivity contribution < 1.29 is 4.39 Å². The van der Waals surface area contributed by atoms with E-state index in [0.29, 0.717) is 4.47 Å². The Bertz CT molecular complexity index is 338. The van der Waals surface area contributed by atoms with E-state index in [2.05, 4.69) is 27.8 Å². The average Bonchev–Trinajstić information content (AvgIpc) is 2.25. The first-order chi connectivity index (χ1) is 7.20. The quantitative estimate of drug-likeness (QED) is 0.803. The second kappa shape index (κ2) is 6.03. The average molecular weight is 272 g/mol. The van der Waals surface area contributed by atoms with Crippen LogP contribution in [0.15, 0.2) is 35.3 Å². The van der Waals surface area contributed by atoms with Gasteiger partial charge in [-0.1, -0.05) is 18.2 Å². The van der Waals surface area contributed by atoms with Gasteiger partial charge >= 0.3 is 0 Å². The van der Waals surface area contributed by atoms with Crippen molar-refractivity contribution in [2.24, 2.45) is 0 Å². The Labute approximate surface area is 98.5 Å². The van der Waals surface area contributed by atoms with Gasteiger partial charge in [0.2, 0.25) is 0 Å². The first-order valence-electron chi connectivity index (χ1n) is 4.92. The molecule has 15 heavy (non-hydrogen) atoms. The van der Waals surface area contributed by atoms with E-state index in [1.807, 2.05) is 19.2 Å². The molecule has 0 saturated heterocycles. The number of nitrogens with one attached hydrogen (secondary N) is 1. The number of allylic oxidation sites excluding steroid dienone is 1. The Kier molecular flexibility index (Phi) is 4.99. The zero-order chi connectivity index (χ0) is 11.3. The third-order valence-electron chi connectivity index (χ3n) is 2.36. The molecular formula is C12H15BrFN. The molecule has 0 fully saturated rings. The fourth-order valence-electron chi connectivity index (χ4n) is 1.53. The van der Waals surface area contributed by atoms with E-state index in [4.69, 9.17) is 0 Å². The molecule has 1 aromatic rings. The van der Waals surface area contributed by atoms with Crippen LogP contribution in [0, 0.1) is 5.82 Å². The number of benzene rings is 1. The van der Waals surface area contributed by atoms with Gasteiger partial charge in [-0.05, 0) is 47.4 Å². The van der Waals surface area contributed by atoms with Crippen molar-refractivity contribution in [2.45, 2.75) is 18.9 Å². The Balaban J connectivity index is 2.90. The first-order valence-corrected chi connectivity index (χ1v) is 5.72. The molecule has 1 rings (SSSR count). The van der Waals surface area contributed by atoms with Gasteiger partial charge in [0.05, 0.1) is 4.47 Å². The summed E-state index contributed by atoms with van der Waals surface area (Å²) in [5, 5.41) is 3.18. The van der Waals surface area contributed by atoms with Crippen LogP contribution in [0.3, 0.4) is 0 Å². The Morgan fingerprint density at radius 3 is 2.93 bits per heavy atom. The zero-order valence-corrected chi connectivity index (χ0v) is 10.3. The molecule has 1 N–H and O–H groups in total. The Morgan fingerprint density at radius 2 is 2.33 bits per heavy atom. The standard InChI is InChI=1S/C12H15BrFN/c1-3-4-8-11(15-2)9-6-5-7-10(14)12(9)13/h3,5-7,11,15H,1,4,8H2,2H3. The third-order valence-corrected chi connectivity index (χ3v) is 3.20. The SMILES string of the molecule is C=CCCC(NC)c1cccc(F)c1Br. The van der Waals surface area contributed by atoms with Crippen molar-refractivity contribution in [3.8, 4) is 0 Å². The van der Waals surface area contributed by atoms with E-state index in [-0.39, 0.29) is 11.9 Å². The second-order valence-electron chi connectivity index (χ2n) is 3.35. The second-order valence-corrected chi connectivity index (χ2v) is 4.14. The normalized spacial score (nSPS) is 12.5. The van der Waals surface area contributed by atoms with Crippen molar-refractivity contribution in [3.63, 3.8) is 0 Å². The van der Waals surface area contributed by atoms with Gasteiger partial charge in [-0.25, -0.2) is 4.39 Å². The summed E-state index contributed by atoms with van der Waals surface area (Å²) in [5.41, 5.74) is 0.958. The molecule has 0 bridgehead atoms. The topological polar surface area (TPSA) is 12.0 Å². The fraction of sp³-hybridized carbons (Fsp3) is 0.333. The van der Waals surface area contributed by atoms with Crippen LogP contribution in [0.25, 0.3) is 0 Å². The van der Waals surface area contributed by atoms with Crippen LogP contribution >= 0.6 is 15.9 Å². The molecule has 3 heteroatoms. The number of hydrogen-bond donors (Lipinski definition) is 1.